The normalized spacial score (nSPS) is 7.50. The van der Waals surface area contributed by atoms with Crippen molar-refractivity contribution in [1.29, 1.82) is 0 Å². The number of carboxylic acid groups (broad SMARTS) is 1. The first-order valence-corrected chi connectivity index (χ1v) is 2.13. The van der Waals surface area contributed by atoms with Crippen LogP contribution in [0.15, 0.2) is 0 Å². The van der Waals surface area contributed by atoms with E-state index in [1.807, 2.05) is 0 Å². The van der Waals surface area contributed by atoms with Crippen LogP contribution < -0.4 is 5.73 Å². The van der Waals surface area contributed by atoms with E-state index in [1.54, 1.807) is 13.8 Å². The van der Waals surface area contributed by atoms with Crippen LogP contribution in [0.2, 0.25) is 0 Å². The lowest BCUT2D eigenvalue weighted by Gasteiger charge is -1.80. The average molecular weight is 121 g/mol. The number of carbonyl (C=O) groups is 1. The summed E-state index contributed by atoms with van der Waals surface area (Å²) >= 11 is 0. The number of nitrogens with two attached hydrogens (primary N) is 1. The van der Waals surface area contributed by atoms with E-state index in [0.717, 1.165) is 0 Å². The largest absolute Gasteiger partial charge is 0.465 e. The van der Waals surface area contributed by atoms with Crippen LogP contribution in [0.1, 0.15) is 13.8 Å². The van der Waals surface area contributed by atoms with Gasteiger partial charge >= 0.3 is 6.09 Å². The van der Waals surface area contributed by atoms with Gasteiger partial charge in [-0.3, -0.25) is 0 Å². The summed E-state index contributed by atoms with van der Waals surface area (Å²) in [5, 5.41) is 15.2. The van der Waals surface area contributed by atoms with E-state index in [9.17, 15) is 0 Å². The van der Waals surface area contributed by atoms with Crippen LogP contribution in [-0.4, -0.2) is 22.4 Å². The van der Waals surface area contributed by atoms with Gasteiger partial charge in [-0.05, 0) is 13.8 Å². The first-order valence-electron chi connectivity index (χ1n) is 2.13. The molecular weight excluding hydrogens is 110 g/mol. The van der Waals surface area contributed by atoms with E-state index >= 15 is 0 Å². The highest BCUT2D eigenvalue weighted by Gasteiger charge is 1.69. The predicted octanol–water partition coefficient (Wildman–Crippen LogP) is 0.0102. The Bertz CT molecular complexity index is 55.5. The fourth-order valence-corrected chi connectivity index (χ4v) is 0. The van der Waals surface area contributed by atoms with Crippen molar-refractivity contribution in [1.82, 2.24) is 0 Å². The summed E-state index contributed by atoms with van der Waals surface area (Å²) in [4.78, 5) is 8.78. The van der Waals surface area contributed by atoms with Gasteiger partial charge < -0.3 is 15.9 Å². The van der Waals surface area contributed by atoms with Gasteiger partial charge in [0.2, 0.25) is 0 Å². The third-order valence-electron chi connectivity index (χ3n) is 0. The monoisotopic (exact) mass is 121 g/mol. The summed E-state index contributed by atoms with van der Waals surface area (Å²) in [6.07, 6.45) is -1.50. The van der Waals surface area contributed by atoms with Gasteiger partial charge in [-0.15, -0.1) is 0 Å². The number of primary amides is 1. The van der Waals surface area contributed by atoms with E-state index < -0.39 is 6.09 Å². The van der Waals surface area contributed by atoms with E-state index in [-0.39, 0.29) is 6.10 Å². The van der Waals surface area contributed by atoms with Gasteiger partial charge in [-0.2, -0.15) is 0 Å². The van der Waals surface area contributed by atoms with Crippen molar-refractivity contribution in [3.63, 3.8) is 0 Å². The van der Waals surface area contributed by atoms with Crippen molar-refractivity contribution >= 4 is 6.09 Å². The molecule has 0 heterocycles. The highest BCUT2D eigenvalue weighted by molar-refractivity contribution is 5.61. The summed E-state index contributed by atoms with van der Waals surface area (Å²) in [6, 6.07) is 0. The van der Waals surface area contributed by atoms with Crippen molar-refractivity contribution in [2.24, 2.45) is 5.73 Å². The molecule has 0 aliphatic heterocycles. The second-order valence-electron chi connectivity index (χ2n) is 1.43. The number of hydrogen-bond donors (Lipinski definition) is 3. The second-order valence-corrected chi connectivity index (χ2v) is 1.43. The van der Waals surface area contributed by atoms with Gasteiger partial charge in [-0.1, -0.05) is 0 Å². The summed E-state index contributed by atoms with van der Waals surface area (Å²) in [5.74, 6) is 0. The number of hydrogen-bond acceptors (Lipinski definition) is 2. The minimum absolute atomic E-state index is 0.167. The van der Waals surface area contributed by atoms with Gasteiger partial charge in [0.05, 0.1) is 0 Å². The Kier molecular flexibility index (Phi) is 7.99. The fraction of sp³-hybridized carbons (Fsp3) is 0.750. The molecule has 0 aromatic carbocycles. The van der Waals surface area contributed by atoms with Crippen molar-refractivity contribution in [2.75, 3.05) is 0 Å². The maximum Gasteiger partial charge on any atom is 0.402 e. The lowest BCUT2D eigenvalue weighted by atomic mass is 10.5. The Morgan fingerprint density at radius 3 is 1.62 bits per heavy atom. The molecule has 8 heavy (non-hydrogen) atoms. The lowest BCUT2D eigenvalue weighted by Crippen LogP contribution is -2.03. The average Bonchev–Trinajstić information content (AvgIpc) is 1.25. The van der Waals surface area contributed by atoms with E-state index in [2.05, 4.69) is 5.73 Å². The SMILES string of the molecule is CC(C)O.NC(=O)O. The first kappa shape index (κ1) is 10.3. The fourth-order valence-electron chi connectivity index (χ4n) is 0. The molecule has 4 heteroatoms. The minimum atomic E-state index is -1.33. The Morgan fingerprint density at radius 1 is 1.62 bits per heavy atom. The molecule has 50 valence electrons. The maximum absolute atomic E-state index is 8.78. The molecule has 0 bridgehead atoms. The Balaban J connectivity index is 0. The number of rotatable bonds is 0. The smallest absolute Gasteiger partial charge is 0.402 e. The molecule has 0 aromatic rings. The van der Waals surface area contributed by atoms with Gasteiger partial charge in [0.1, 0.15) is 0 Å². The molecule has 4 nitrogen and oxygen atoms in total. The summed E-state index contributed by atoms with van der Waals surface area (Å²) in [5.41, 5.74) is 4.03. The van der Waals surface area contributed by atoms with Crippen molar-refractivity contribution < 1.29 is 15.0 Å². The van der Waals surface area contributed by atoms with Crippen LogP contribution in [0.3, 0.4) is 0 Å². The van der Waals surface area contributed by atoms with Gasteiger partial charge in [0.25, 0.3) is 0 Å². The van der Waals surface area contributed by atoms with Crippen molar-refractivity contribution in [2.45, 2.75) is 20.0 Å². The molecule has 0 aliphatic carbocycles. The zero-order chi connectivity index (χ0) is 7.15. The predicted molar refractivity (Wildman–Crippen MR) is 29.6 cm³/mol. The molecule has 0 atom stereocenters. The van der Waals surface area contributed by atoms with E-state index in [4.69, 9.17) is 15.0 Å². The Hall–Kier alpha value is -0.770. The zero-order valence-electron chi connectivity index (χ0n) is 4.96. The van der Waals surface area contributed by atoms with Crippen LogP contribution in [-0.2, 0) is 0 Å². The Labute approximate surface area is 47.9 Å². The molecule has 4 N–H and O–H groups in total. The molecule has 0 radical (unpaired) electrons. The van der Waals surface area contributed by atoms with E-state index in [1.165, 1.54) is 0 Å². The molecule has 0 unspecified atom stereocenters. The van der Waals surface area contributed by atoms with Crippen LogP contribution in [0.25, 0.3) is 0 Å². The molecule has 0 saturated heterocycles. The summed E-state index contributed by atoms with van der Waals surface area (Å²) in [6.45, 7) is 3.44. The molecule has 0 rings (SSSR count). The summed E-state index contributed by atoms with van der Waals surface area (Å²) < 4.78 is 0. The zero-order valence-corrected chi connectivity index (χ0v) is 4.96. The molecule has 0 aliphatic rings. The molecule has 0 aromatic heterocycles. The molecule has 1 amide bonds. The minimum Gasteiger partial charge on any atom is -0.465 e. The van der Waals surface area contributed by atoms with Gasteiger partial charge in [0, 0.05) is 6.10 Å². The quantitative estimate of drug-likeness (QED) is 0.422. The number of aliphatic hydroxyl groups is 1. The van der Waals surface area contributed by atoms with Crippen LogP contribution >= 0.6 is 0 Å². The highest BCUT2D eigenvalue weighted by Crippen LogP contribution is 1.65. The third-order valence-corrected chi connectivity index (χ3v) is 0. The number of amides is 1. The molecular formula is C4H11NO3. The van der Waals surface area contributed by atoms with Crippen LogP contribution in [0, 0.1) is 0 Å². The first-order chi connectivity index (χ1) is 3.46. The number of aliphatic hydroxyl groups excluding tert-OH is 1. The highest BCUT2D eigenvalue weighted by atomic mass is 16.4. The lowest BCUT2D eigenvalue weighted by molar-refractivity contribution is 0.205. The summed E-state index contributed by atoms with van der Waals surface area (Å²) in [7, 11) is 0. The van der Waals surface area contributed by atoms with Crippen molar-refractivity contribution in [3.8, 4) is 0 Å². The Morgan fingerprint density at radius 2 is 1.62 bits per heavy atom. The molecule has 0 fully saturated rings. The second kappa shape index (κ2) is 6.23. The molecule has 0 saturated carbocycles. The van der Waals surface area contributed by atoms with Gasteiger partial charge in [-0.25, -0.2) is 4.79 Å². The third kappa shape index (κ3) is 158. The van der Waals surface area contributed by atoms with Crippen molar-refractivity contribution in [3.05, 3.63) is 0 Å². The van der Waals surface area contributed by atoms with E-state index in [0.29, 0.717) is 0 Å². The standard InChI is InChI=1S/C3H8O.CH3NO2/c1-3(2)4;2-1(3)4/h3-4H,1-2H3;2H2,(H,3,4). The van der Waals surface area contributed by atoms with Gasteiger partial charge in [0.15, 0.2) is 0 Å². The topological polar surface area (TPSA) is 83.5 Å². The van der Waals surface area contributed by atoms with Crippen LogP contribution in [0.5, 0.6) is 0 Å². The van der Waals surface area contributed by atoms with Crippen LogP contribution in [0.4, 0.5) is 4.79 Å². The maximum atomic E-state index is 8.78. The molecule has 0 spiro atoms.